The molecule has 0 saturated carbocycles. The molecule has 0 unspecified atom stereocenters. The summed E-state index contributed by atoms with van der Waals surface area (Å²) >= 11 is 0. The van der Waals surface area contributed by atoms with Crippen LogP contribution < -0.4 is 15.4 Å². The number of methoxy groups -OCH3 is 1. The van der Waals surface area contributed by atoms with Gasteiger partial charge < -0.3 is 15.4 Å². The molecule has 20 heavy (non-hydrogen) atoms. The van der Waals surface area contributed by atoms with Crippen molar-refractivity contribution in [2.24, 2.45) is 0 Å². The molecule has 0 spiro atoms. The first-order valence-corrected chi connectivity index (χ1v) is 6.19. The third kappa shape index (κ3) is 4.65. The van der Waals surface area contributed by atoms with E-state index in [9.17, 15) is 4.79 Å². The van der Waals surface area contributed by atoms with Crippen LogP contribution >= 0.6 is 0 Å². The maximum absolute atomic E-state index is 12.0. The van der Waals surface area contributed by atoms with Crippen LogP contribution in [0.3, 0.4) is 0 Å². The van der Waals surface area contributed by atoms with Gasteiger partial charge in [0, 0.05) is 11.7 Å². The van der Waals surface area contributed by atoms with Gasteiger partial charge in [0.1, 0.15) is 17.4 Å². The fourth-order valence-electron chi connectivity index (χ4n) is 1.37. The molecule has 1 aromatic rings. The molecular weight excluding hydrogens is 254 g/mol. The number of carbonyl (C=O) groups excluding carboxylic acids is 1. The van der Waals surface area contributed by atoms with E-state index in [0.717, 1.165) is 0 Å². The average molecular weight is 273 g/mol. The minimum absolute atomic E-state index is 0.00540. The van der Waals surface area contributed by atoms with Crippen LogP contribution in [0.5, 0.6) is 5.75 Å². The molecule has 0 atom stereocenters. The highest BCUT2D eigenvalue weighted by atomic mass is 16.5. The molecular formula is C15H19N3O2. The SMILES string of the molecule is COc1ccccc1NC(=O)/C(C#N)=C\NC(C)(C)C. The Kier molecular flexibility index (Phi) is 5.15. The number of ether oxygens (including phenoxy) is 1. The first-order valence-electron chi connectivity index (χ1n) is 6.19. The van der Waals surface area contributed by atoms with E-state index in [1.807, 2.05) is 26.8 Å². The summed E-state index contributed by atoms with van der Waals surface area (Å²) in [7, 11) is 1.52. The molecule has 5 heteroatoms. The third-order valence-corrected chi connectivity index (χ3v) is 2.37. The second kappa shape index (κ2) is 6.62. The van der Waals surface area contributed by atoms with Crippen LogP contribution in [0.1, 0.15) is 20.8 Å². The van der Waals surface area contributed by atoms with Crippen LogP contribution in [-0.2, 0) is 4.79 Å². The minimum Gasteiger partial charge on any atom is -0.495 e. The predicted octanol–water partition coefficient (Wildman–Crippen LogP) is 2.43. The van der Waals surface area contributed by atoms with E-state index in [1.54, 1.807) is 24.3 Å². The van der Waals surface area contributed by atoms with Gasteiger partial charge in [-0.2, -0.15) is 5.26 Å². The summed E-state index contributed by atoms with van der Waals surface area (Å²) in [5.41, 5.74) is 0.315. The molecule has 0 fully saturated rings. The zero-order valence-corrected chi connectivity index (χ0v) is 12.2. The number of rotatable bonds is 4. The molecule has 5 nitrogen and oxygen atoms in total. The number of hydrogen-bond acceptors (Lipinski definition) is 4. The van der Waals surface area contributed by atoms with Crippen LogP contribution in [0, 0.1) is 11.3 Å². The smallest absolute Gasteiger partial charge is 0.267 e. The number of amides is 1. The van der Waals surface area contributed by atoms with E-state index in [4.69, 9.17) is 10.00 Å². The Hall–Kier alpha value is -2.48. The largest absolute Gasteiger partial charge is 0.495 e. The van der Waals surface area contributed by atoms with Crippen molar-refractivity contribution in [3.05, 3.63) is 36.0 Å². The Morgan fingerprint density at radius 2 is 2.00 bits per heavy atom. The normalized spacial score (nSPS) is 11.4. The number of anilines is 1. The average Bonchev–Trinajstić information content (AvgIpc) is 2.38. The molecule has 0 saturated heterocycles. The van der Waals surface area contributed by atoms with Gasteiger partial charge in [-0.1, -0.05) is 12.1 Å². The number of nitriles is 1. The maximum Gasteiger partial charge on any atom is 0.267 e. The standard InChI is InChI=1S/C15H19N3O2/c1-15(2,3)17-10-11(9-16)14(19)18-12-7-5-6-8-13(12)20-4/h5-8,10,17H,1-4H3,(H,18,19)/b11-10-. The van der Waals surface area contributed by atoms with Gasteiger partial charge in [0.25, 0.3) is 5.91 Å². The second-order valence-corrected chi connectivity index (χ2v) is 5.22. The zero-order valence-electron chi connectivity index (χ0n) is 12.2. The molecule has 0 aromatic heterocycles. The molecule has 0 aliphatic rings. The van der Waals surface area contributed by atoms with Crippen LogP contribution in [-0.4, -0.2) is 18.6 Å². The van der Waals surface area contributed by atoms with E-state index >= 15 is 0 Å². The maximum atomic E-state index is 12.0. The molecule has 1 rings (SSSR count). The fraction of sp³-hybridized carbons (Fsp3) is 0.333. The molecule has 1 aromatic carbocycles. The topological polar surface area (TPSA) is 74.1 Å². The highest BCUT2D eigenvalue weighted by Crippen LogP contribution is 2.23. The van der Waals surface area contributed by atoms with Gasteiger partial charge in [-0.15, -0.1) is 0 Å². The Labute approximate surface area is 119 Å². The van der Waals surface area contributed by atoms with E-state index in [1.165, 1.54) is 13.3 Å². The number of nitrogens with zero attached hydrogens (tertiary/aromatic N) is 1. The summed E-state index contributed by atoms with van der Waals surface area (Å²) in [5.74, 6) is 0.0654. The molecule has 0 radical (unpaired) electrons. The number of para-hydroxylation sites is 2. The first-order chi connectivity index (χ1) is 9.37. The highest BCUT2D eigenvalue weighted by molar-refractivity contribution is 6.07. The van der Waals surface area contributed by atoms with Crippen LogP contribution in [0.2, 0.25) is 0 Å². The molecule has 0 aliphatic carbocycles. The van der Waals surface area contributed by atoms with Crippen molar-refractivity contribution in [2.45, 2.75) is 26.3 Å². The fourth-order valence-corrected chi connectivity index (χ4v) is 1.37. The van der Waals surface area contributed by atoms with Crippen LogP contribution in [0.15, 0.2) is 36.0 Å². The molecule has 0 heterocycles. The van der Waals surface area contributed by atoms with Gasteiger partial charge in [-0.05, 0) is 32.9 Å². The third-order valence-electron chi connectivity index (χ3n) is 2.37. The van der Waals surface area contributed by atoms with Crippen molar-refractivity contribution in [3.8, 4) is 11.8 Å². The Bertz CT molecular complexity index is 551. The second-order valence-electron chi connectivity index (χ2n) is 5.22. The summed E-state index contributed by atoms with van der Waals surface area (Å²) < 4.78 is 5.14. The van der Waals surface area contributed by atoms with Gasteiger partial charge in [-0.25, -0.2) is 0 Å². The number of nitrogens with one attached hydrogen (secondary N) is 2. The number of benzene rings is 1. The quantitative estimate of drug-likeness (QED) is 0.652. The van der Waals surface area contributed by atoms with Crippen molar-refractivity contribution in [1.82, 2.24) is 5.32 Å². The van der Waals surface area contributed by atoms with Crippen molar-refractivity contribution in [3.63, 3.8) is 0 Å². The number of hydrogen-bond donors (Lipinski definition) is 2. The van der Waals surface area contributed by atoms with Crippen molar-refractivity contribution in [1.29, 1.82) is 5.26 Å². The summed E-state index contributed by atoms with van der Waals surface area (Å²) in [4.78, 5) is 12.0. The lowest BCUT2D eigenvalue weighted by Gasteiger charge is -2.19. The van der Waals surface area contributed by atoms with Gasteiger partial charge >= 0.3 is 0 Å². The molecule has 0 bridgehead atoms. The first kappa shape index (κ1) is 15.6. The summed E-state index contributed by atoms with van der Waals surface area (Å²) in [6, 6.07) is 8.91. The van der Waals surface area contributed by atoms with Crippen molar-refractivity contribution >= 4 is 11.6 Å². The van der Waals surface area contributed by atoms with Gasteiger partial charge in [0.05, 0.1) is 12.8 Å². The predicted molar refractivity (Wildman–Crippen MR) is 78.2 cm³/mol. The highest BCUT2D eigenvalue weighted by Gasteiger charge is 2.13. The Balaban J connectivity index is 2.86. The zero-order chi connectivity index (χ0) is 15.2. The molecule has 106 valence electrons. The van der Waals surface area contributed by atoms with E-state index < -0.39 is 5.91 Å². The van der Waals surface area contributed by atoms with Gasteiger partial charge in [0.2, 0.25) is 0 Å². The molecule has 2 N–H and O–H groups in total. The van der Waals surface area contributed by atoms with Crippen LogP contribution in [0.25, 0.3) is 0 Å². The van der Waals surface area contributed by atoms with Gasteiger partial charge in [-0.3, -0.25) is 4.79 Å². The van der Waals surface area contributed by atoms with E-state index in [0.29, 0.717) is 11.4 Å². The summed E-state index contributed by atoms with van der Waals surface area (Å²) in [6.45, 7) is 5.82. The van der Waals surface area contributed by atoms with Gasteiger partial charge in [0.15, 0.2) is 0 Å². The molecule has 1 amide bonds. The summed E-state index contributed by atoms with van der Waals surface area (Å²) in [5, 5.41) is 14.7. The lowest BCUT2D eigenvalue weighted by atomic mass is 10.1. The van der Waals surface area contributed by atoms with E-state index in [-0.39, 0.29) is 11.1 Å². The number of carbonyl (C=O) groups is 1. The molecule has 0 aliphatic heterocycles. The Morgan fingerprint density at radius 3 is 2.55 bits per heavy atom. The lowest BCUT2D eigenvalue weighted by Crippen LogP contribution is -2.32. The Morgan fingerprint density at radius 1 is 1.35 bits per heavy atom. The monoisotopic (exact) mass is 273 g/mol. The van der Waals surface area contributed by atoms with E-state index in [2.05, 4.69) is 10.6 Å². The minimum atomic E-state index is -0.478. The van der Waals surface area contributed by atoms with Crippen LogP contribution in [0.4, 0.5) is 5.69 Å². The lowest BCUT2D eigenvalue weighted by molar-refractivity contribution is -0.112. The summed E-state index contributed by atoms with van der Waals surface area (Å²) in [6.07, 6.45) is 1.42. The van der Waals surface area contributed by atoms with Crippen molar-refractivity contribution in [2.75, 3.05) is 12.4 Å². The van der Waals surface area contributed by atoms with Crippen molar-refractivity contribution < 1.29 is 9.53 Å².